The molecule has 16 heteroatoms. The molecule has 4 aromatic carbocycles. The highest BCUT2D eigenvalue weighted by atomic mass is 35.5. The second kappa shape index (κ2) is 38.3. The molecule has 0 aliphatic rings. The molecule has 12 N–H and O–H groups in total. The molecule has 4 aromatic rings. The van der Waals surface area contributed by atoms with Crippen LogP contribution in [0.2, 0.25) is 0 Å². The number of rotatable bonds is 21. The number of methoxy groups -OCH3 is 1. The van der Waals surface area contributed by atoms with E-state index in [2.05, 4.69) is 16.9 Å². The molecule has 0 radical (unpaired) electrons. The zero-order valence-electron chi connectivity index (χ0n) is 39.9. The summed E-state index contributed by atoms with van der Waals surface area (Å²) in [5.74, 6) is -2.96. The van der Waals surface area contributed by atoms with Gasteiger partial charge in [0, 0.05) is 29.9 Å². The van der Waals surface area contributed by atoms with Crippen molar-refractivity contribution in [2.24, 2.45) is 46.6 Å². The molecule has 0 aromatic heterocycles. The molecule has 67 heavy (non-hydrogen) atoms. The van der Waals surface area contributed by atoms with Crippen molar-refractivity contribution >= 4 is 66.8 Å². The van der Waals surface area contributed by atoms with Gasteiger partial charge in [-0.2, -0.15) is 0 Å². The van der Waals surface area contributed by atoms with Crippen molar-refractivity contribution in [1.82, 2.24) is 0 Å². The first-order chi connectivity index (χ1) is 30.3. The number of anilines is 1. The zero-order chi connectivity index (χ0) is 48.0. The smallest absolute Gasteiger partial charge is 0.308 e. The van der Waals surface area contributed by atoms with Crippen LogP contribution in [0.15, 0.2) is 115 Å². The van der Waals surface area contributed by atoms with Gasteiger partial charge in [-0.1, -0.05) is 131 Å². The molecule has 4 rings (SSSR count). The molecular formula is C51H78Cl3N5O8. The number of carboxylic acids is 2. The summed E-state index contributed by atoms with van der Waals surface area (Å²) in [7, 11) is 1.40. The number of nitrogens with two attached hydrogens (primary N) is 5. The minimum Gasteiger partial charge on any atom is -0.481 e. The number of carbonyl (C=O) groups excluding carboxylic acids is 2. The Kier molecular flexibility index (Phi) is 38.0. The lowest BCUT2D eigenvalue weighted by atomic mass is 9.97. The third-order valence-electron chi connectivity index (χ3n) is 10.3. The Balaban J connectivity index is -0.000000804. The number of aliphatic carboxylic acids is 2. The van der Waals surface area contributed by atoms with Gasteiger partial charge in [-0.05, 0) is 92.7 Å². The van der Waals surface area contributed by atoms with Gasteiger partial charge in [-0.15, -0.1) is 37.2 Å². The lowest BCUT2D eigenvalue weighted by Crippen LogP contribution is -2.28. The molecule has 8 atom stereocenters. The van der Waals surface area contributed by atoms with Gasteiger partial charge in [-0.25, -0.2) is 0 Å². The van der Waals surface area contributed by atoms with Crippen molar-refractivity contribution in [1.29, 1.82) is 0 Å². The van der Waals surface area contributed by atoms with Gasteiger partial charge in [0.25, 0.3) is 0 Å². The average Bonchev–Trinajstić information content (AvgIpc) is 3.25. The van der Waals surface area contributed by atoms with Crippen LogP contribution < -0.4 is 28.7 Å². The average molecular weight is 996 g/mol. The highest BCUT2D eigenvalue weighted by molar-refractivity contribution is 5.86. The van der Waals surface area contributed by atoms with E-state index in [1.54, 1.807) is 13.8 Å². The molecule has 376 valence electrons. The van der Waals surface area contributed by atoms with Gasteiger partial charge in [0.15, 0.2) is 0 Å². The Morgan fingerprint density at radius 1 is 0.463 bits per heavy atom. The molecule has 0 saturated carbocycles. The summed E-state index contributed by atoms with van der Waals surface area (Å²) < 4.78 is 9.63. The lowest BCUT2D eigenvalue weighted by molar-refractivity contribution is -0.148. The van der Waals surface area contributed by atoms with E-state index in [0.29, 0.717) is 38.7 Å². The summed E-state index contributed by atoms with van der Waals surface area (Å²) in [6, 6.07) is 37.3. The van der Waals surface area contributed by atoms with Crippen LogP contribution in [0.5, 0.6) is 0 Å². The summed E-state index contributed by atoms with van der Waals surface area (Å²) in [5.41, 5.74) is 34.7. The molecule has 0 heterocycles. The standard InChI is InChI=1S/C14H21NO2.C13H19NO2.C12H18N2O2.C12H17NO2.3ClH/c1-3-17-14(16)11(2)9-13(15)10-12-7-5-4-6-8-12;1-10(13(15)16-2)8-12(14)9-11-6-4-3-5-7-11;1-8(12(15)16)6-11(14)7-9-2-4-10(13)5-3-9;1-9(12(14)15)7-11(13)8-10-5-3-2-4-6-10;;;/h4-8,11,13H,3,9-10,15H2,1-2H3;3-7,10,12H,8-9,14H2,1-2H3;2-5,8,11H,6-7,13-14H2,1H3,(H,15,16);2-6,9,11H,7-8,13H2,1H3,(H,14,15);3*1H/t11-,13+;10-,12+;8-,11+;9-,11+;;;/m0000.../s1. The number of nitrogen functional groups attached to an aromatic ring is 1. The van der Waals surface area contributed by atoms with Crippen molar-refractivity contribution in [2.45, 2.75) is 110 Å². The summed E-state index contributed by atoms with van der Waals surface area (Å²) in [5, 5.41) is 17.5. The summed E-state index contributed by atoms with van der Waals surface area (Å²) in [6.07, 6.45) is 5.32. The number of carboxylic acid groups (broad SMARTS) is 2. The molecule has 13 nitrogen and oxygen atoms in total. The Morgan fingerprint density at radius 3 is 1.00 bits per heavy atom. The second-order valence-electron chi connectivity index (χ2n) is 16.6. The van der Waals surface area contributed by atoms with E-state index in [9.17, 15) is 19.2 Å². The van der Waals surface area contributed by atoms with Crippen molar-refractivity contribution in [3.05, 3.63) is 138 Å². The quantitative estimate of drug-likeness (QED) is 0.0308. The SMILES string of the molecule is CCOC(=O)[C@@H](C)C[C@@H](N)Cc1ccccc1.COC(=O)[C@@H](C)C[C@@H](N)Cc1ccccc1.C[C@@H](C[C@@H](N)Cc1ccc(N)cc1)C(=O)O.C[C@@H](C[C@@H](N)Cc1ccccc1)C(=O)O.Cl.Cl.Cl. The normalized spacial score (nSPS) is 13.6. The maximum Gasteiger partial charge on any atom is 0.308 e. The first-order valence-electron chi connectivity index (χ1n) is 22.0. The highest BCUT2D eigenvalue weighted by Crippen LogP contribution is 2.15. The zero-order valence-corrected chi connectivity index (χ0v) is 42.4. The fourth-order valence-electron chi connectivity index (χ4n) is 6.74. The van der Waals surface area contributed by atoms with Gasteiger partial charge in [0.1, 0.15) is 0 Å². The van der Waals surface area contributed by atoms with Gasteiger partial charge < -0.3 is 48.4 Å². The maximum atomic E-state index is 11.5. The minimum absolute atomic E-state index is 0. The fourth-order valence-corrected chi connectivity index (χ4v) is 6.74. The second-order valence-corrected chi connectivity index (χ2v) is 16.6. The van der Waals surface area contributed by atoms with Crippen molar-refractivity contribution in [3.8, 4) is 0 Å². The van der Waals surface area contributed by atoms with E-state index in [4.69, 9.17) is 43.6 Å². The highest BCUT2D eigenvalue weighted by Gasteiger charge is 2.19. The molecule has 0 saturated heterocycles. The van der Waals surface area contributed by atoms with E-state index in [-0.39, 0.29) is 91.1 Å². The molecule has 0 aliphatic heterocycles. The number of esters is 2. The van der Waals surface area contributed by atoms with Gasteiger partial charge >= 0.3 is 23.9 Å². The Hall–Kier alpha value is -4.73. The predicted molar refractivity (Wildman–Crippen MR) is 278 cm³/mol. The van der Waals surface area contributed by atoms with Crippen LogP contribution in [-0.4, -0.2) is 72.0 Å². The largest absolute Gasteiger partial charge is 0.481 e. The number of ether oxygens (including phenoxy) is 2. The predicted octanol–water partition coefficient (Wildman–Crippen LogP) is 8.08. The van der Waals surface area contributed by atoms with Crippen molar-refractivity contribution in [2.75, 3.05) is 19.5 Å². The van der Waals surface area contributed by atoms with E-state index in [1.165, 1.54) is 18.2 Å². The first-order valence-corrected chi connectivity index (χ1v) is 22.0. The van der Waals surface area contributed by atoms with Crippen LogP contribution in [0, 0.1) is 23.7 Å². The monoisotopic (exact) mass is 993 g/mol. The van der Waals surface area contributed by atoms with Crippen LogP contribution in [0.25, 0.3) is 0 Å². The van der Waals surface area contributed by atoms with Crippen LogP contribution in [-0.2, 0) is 54.3 Å². The van der Waals surface area contributed by atoms with Crippen molar-refractivity contribution in [3.63, 3.8) is 0 Å². The van der Waals surface area contributed by atoms with Crippen LogP contribution in [0.4, 0.5) is 5.69 Å². The molecule has 0 fully saturated rings. The molecule has 0 aliphatic carbocycles. The van der Waals surface area contributed by atoms with Gasteiger partial charge in [0.2, 0.25) is 0 Å². The third-order valence-corrected chi connectivity index (χ3v) is 10.3. The van der Waals surface area contributed by atoms with Gasteiger partial charge in [0.05, 0.1) is 37.4 Å². The Bertz CT molecular complexity index is 1890. The summed E-state index contributed by atoms with van der Waals surface area (Å²) in [6.45, 7) is 9.31. The number of hydrogen-bond acceptors (Lipinski definition) is 11. The maximum absolute atomic E-state index is 11.5. The summed E-state index contributed by atoms with van der Waals surface area (Å²) >= 11 is 0. The number of benzene rings is 4. The molecule has 0 amide bonds. The van der Waals surface area contributed by atoms with E-state index >= 15 is 0 Å². The van der Waals surface area contributed by atoms with Crippen LogP contribution in [0.1, 0.15) is 82.6 Å². The summed E-state index contributed by atoms with van der Waals surface area (Å²) in [4.78, 5) is 44.0. The number of halogens is 3. The molecule has 0 bridgehead atoms. The first kappa shape index (κ1) is 66.5. The third kappa shape index (κ3) is 31.8. The number of hydrogen-bond donors (Lipinski definition) is 7. The Morgan fingerprint density at radius 2 is 0.731 bits per heavy atom. The molecule has 0 spiro atoms. The topological polar surface area (TPSA) is 257 Å². The number of carbonyl (C=O) groups is 4. The van der Waals surface area contributed by atoms with Crippen LogP contribution >= 0.6 is 37.2 Å². The fraction of sp³-hybridized carbons (Fsp3) is 0.451. The molecule has 0 unspecified atom stereocenters. The van der Waals surface area contributed by atoms with Crippen LogP contribution in [0.3, 0.4) is 0 Å². The minimum atomic E-state index is -0.798. The van der Waals surface area contributed by atoms with E-state index in [1.807, 2.05) is 124 Å². The van der Waals surface area contributed by atoms with E-state index in [0.717, 1.165) is 36.1 Å². The van der Waals surface area contributed by atoms with Gasteiger partial charge in [-0.3, -0.25) is 19.2 Å². The Labute approximate surface area is 417 Å². The molecular weight excluding hydrogens is 917 g/mol. The van der Waals surface area contributed by atoms with E-state index < -0.39 is 17.9 Å². The lowest BCUT2D eigenvalue weighted by Gasteiger charge is -2.16. The van der Waals surface area contributed by atoms with Crippen molar-refractivity contribution < 1.29 is 38.9 Å².